The average Bonchev–Trinajstić information content (AvgIpc) is 3.57. The Morgan fingerprint density at radius 2 is 2.10 bits per heavy atom. The summed E-state index contributed by atoms with van der Waals surface area (Å²) in [6.07, 6.45) is 10.1. The summed E-state index contributed by atoms with van der Waals surface area (Å²) in [5.41, 5.74) is 1.98. The van der Waals surface area contributed by atoms with Gasteiger partial charge in [0.15, 0.2) is 5.75 Å². The first kappa shape index (κ1) is 19.3. The van der Waals surface area contributed by atoms with E-state index in [2.05, 4.69) is 29.2 Å². The Morgan fingerprint density at radius 1 is 1.30 bits per heavy atom. The molecule has 1 fully saturated rings. The molecule has 0 spiro atoms. The van der Waals surface area contributed by atoms with Crippen LogP contribution in [0.5, 0.6) is 5.75 Å². The van der Waals surface area contributed by atoms with Gasteiger partial charge in [-0.05, 0) is 49.1 Å². The van der Waals surface area contributed by atoms with E-state index in [4.69, 9.17) is 4.74 Å². The molecule has 1 saturated carbocycles. The number of hydrogen-bond donors (Lipinski definition) is 2. The minimum Gasteiger partial charge on any atom is -0.494 e. The number of aromatic nitrogens is 1. The molecular formula is C23H24N2O4S. The maximum atomic E-state index is 12.9. The van der Waals surface area contributed by atoms with Gasteiger partial charge in [0.25, 0.3) is 0 Å². The first-order valence-electron chi connectivity index (χ1n) is 10.3. The second kappa shape index (κ2) is 7.23. The van der Waals surface area contributed by atoms with E-state index in [0.717, 1.165) is 48.3 Å². The molecule has 6 nitrogen and oxygen atoms in total. The molecule has 156 valence electrons. The maximum Gasteiger partial charge on any atom is 0.341 e. The normalized spacial score (nSPS) is 21.1. The largest absolute Gasteiger partial charge is 0.494 e. The molecule has 3 heterocycles. The van der Waals surface area contributed by atoms with Crippen LogP contribution < -0.4 is 10.2 Å². The van der Waals surface area contributed by atoms with Crippen LogP contribution in [-0.4, -0.2) is 41.7 Å². The highest BCUT2D eigenvalue weighted by molar-refractivity contribution is 8.11. The molecule has 3 aliphatic rings. The van der Waals surface area contributed by atoms with Crippen molar-refractivity contribution in [2.75, 3.05) is 20.7 Å². The quantitative estimate of drug-likeness (QED) is 0.758. The first-order valence-corrected chi connectivity index (χ1v) is 11.1. The van der Waals surface area contributed by atoms with Crippen molar-refractivity contribution in [2.24, 2.45) is 5.92 Å². The molecule has 2 aromatic rings. The minimum absolute atomic E-state index is 0.247. The molecule has 1 atom stereocenters. The number of nitrogens with one attached hydrogen (secondary N) is 1. The van der Waals surface area contributed by atoms with Crippen molar-refractivity contribution in [1.29, 1.82) is 0 Å². The fourth-order valence-corrected chi connectivity index (χ4v) is 5.85. The number of methoxy groups -OCH3 is 1. The third kappa shape index (κ3) is 3.12. The fourth-order valence-electron chi connectivity index (χ4n) is 4.49. The number of allylic oxidation sites excluding steroid dienone is 2. The van der Waals surface area contributed by atoms with Crippen molar-refractivity contribution in [3.63, 3.8) is 0 Å². The van der Waals surface area contributed by atoms with Crippen molar-refractivity contribution < 1.29 is 14.6 Å². The number of ether oxygens (including phenoxy) is 1. The average molecular weight is 425 g/mol. The second-order valence-corrected chi connectivity index (χ2v) is 9.43. The molecule has 7 heteroatoms. The Bertz CT molecular complexity index is 1180. The van der Waals surface area contributed by atoms with Gasteiger partial charge in [-0.3, -0.25) is 4.79 Å². The number of rotatable bonds is 4. The molecule has 2 aliphatic heterocycles. The summed E-state index contributed by atoms with van der Waals surface area (Å²) in [5.74, 6) is 0.363. The van der Waals surface area contributed by atoms with Gasteiger partial charge in [-0.15, -0.1) is 0 Å². The minimum atomic E-state index is -1.22. The van der Waals surface area contributed by atoms with E-state index < -0.39 is 11.4 Å². The number of fused-ring (bicyclic) bond motifs is 2. The molecule has 0 saturated heterocycles. The number of thioether (sulfide) groups is 1. The molecule has 0 bridgehead atoms. The van der Waals surface area contributed by atoms with Crippen molar-refractivity contribution in [3.05, 3.63) is 56.4 Å². The lowest BCUT2D eigenvalue weighted by molar-refractivity contribution is 0.0695. The number of H-pyrrole nitrogens is 1. The van der Waals surface area contributed by atoms with Crippen LogP contribution in [0.3, 0.4) is 0 Å². The van der Waals surface area contributed by atoms with Crippen LogP contribution in [0.25, 0.3) is 15.8 Å². The summed E-state index contributed by atoms with van der Waals surface area (Å²) >= 11 is 1.80. The zero-order valence-corrected chi connectivity index (χ0v) is 17.8. The number of nitrogens with zero attached hydrogens (tertiary/aromatic N) is 1. The van der Waals surface area contributed by atoms with Crippen LogP contribution in [-0.2, 0) is 0 Å². The number of carboxylic acid groups (broad SMARTS) is 1. The highest BCUT2D eigenvalue weighted by Crippen LogP contribution is 2.54. The summed E-state index contributed by atoms with van der Waals surface area (Å²) < 4.78 is 5.84. The van der Waals surface area contributed by atoms with Crippen molar-refractivity contribution in [2.45, 2.75) is 31.6 Å². The predicted molar refractivity (Wildman–Crippen MR) is 119 cm³/mol. The molecule has 5 rings (SSSR count). The number of aromatic carboxylic acids is 1. The Morgan fingerprint density at radius 3 is 2.80 bits per heavy atom. The van der Waals surface area contributed by atoms with E-state index in [9.17, 15) is 14.7 Å². The van der Waals surface area contributed by atoms with Gasteiger partial charge in [0.05, 0.1) is 18.0 Å². The summed E-state index contributed by atoms with van der Waals surface area (Å²) in [7, 11) is 3.72. The SMILES string of the molecule is COc1c(C2=CCC3CCN(C)C=C3S2)c(C2CC2)cc2c(=O)c(C(=O)O)c[nH]c12. The number of carbonyl (C=O) groups is 1. The van der Waals surface area contributed by atoms with Crippen LogP contribution in [0.1, 0.15) is 53.1 Å². The van der Waals surface area contributed by atoms with E-state index in [1.165, 1.54) is 11.1 Å². The highest BCUT2D eigenvalue weighted by Gasteiger charge is 2.34. The third-order valence-electron chi connectivity index (χ3n) is 6.26. The lowest BCUT2D eigenvalue weighted by Crippen LogP contribution is -2.24. The molecule has 0 amide bonds. The van der Waals surface area contributed by atoms with Crippen molar-refractivity contribution in [1.82, 2.24) is 9.88 Å². The van der Waals surface area contributed by atoms with Gasteiger partial charge < -0.3 is 19.7 Å². The molecular weight excluding hydrogens is 400 g/mol. The Balaban J connectivity index is 1.72. The molecule has 1 aromatic heterocycles. The molecule has 2 N–H and O–H groups in total. The zero-order valence-electron chi connectivity index (χ0n) is 17.0. The van der Waals surface area contributed by atoms with Crippen LogP contribution in [0, 0.1) is 5.92 Å². The van der Waals surface area contributed by atoms with Gasteiger partial charge in [0.2, 0.25) is 5.43 Å². The molecule has 1 aromatic carbocycles. The Hall–Kier alpha value is -2.67. The Kier molecular flexibility index (Phi) is 4.65. The number of aromatic amines is 1. The zero-order chi connectivity index (χ0) is 21.0. The highest BCUT2D eigenvalue weighted by atomic mass is 32.2. The van der Waals surface area contributed by atoms with Crippen molar-refractivity contribution in [3.8, 4) is 5.75 Å². The second-order valence-electron chi connectivity index (χ2n) is 8.31. The molecule has 1 unspecified atom stereocenters. The number of pyridine rings is 1. The van der Waals surface area contributed by atoms with Gasteiger partial charge in [0, 0.05) is 41.4 Å². The van der Waals surface area contributed by atoms with E-state index >= 15 is 0 Å². The van der Waals surface area contributed by atoms with Crippen LogP contribution in [0.2, 0.25) is 0 Å². The number of hydrogen-bond acceptors (Lipinski definition) is 5. The molecule has 0 radical (unpaired) electrons. The number of benzene rings is 1. The monoisotopic (exact) mass is 424 g/mol. The van der Waals surface area contributed by atoms with Crippen LogP contribution in [0.4, 0.5) is 0 Å². The lowest BCUT2D eigenvalue weighted by Gasteiger charge is -2.33. The smallest absolute Gasteiger partial charge is 0.341 e. The third-order valence-corrected chi connectivity index (χ3v) is 7.52. The van der Waals surface area contributed by atoms with Crippen LogP contribution >= 0.6 is 11.8 Å². The van der Waals surface area contributed by atoms with E-state index in [1.807, 2.05) is 6.07 Å². The fraction of sp³-hybridized carbons (Fsp3) is 0.391. The predicted octanol–water partition coefficient (Wildman–Crippen LogP) is 4.38. The van der Waals surface area contributed by atoms with E-state index in [0.29, 0.717) is 28.5 Å². The summed E-state index contributed by atoms with van der Waals surface area (Å²) in [6.45, 7) is 1.08. The lowest BCUT2D eigenvalue weighted by atomic mass is 9.94. The first-order chi connectivity index (χ1) is 14.5. The summed E-state index contributed by atoms with van der Waals surface area (Å²) in [4.78, 5) is 32.1. The Labute approximate surface area is 178 Å². The van der Waals surface area contributed by atoms with Gasteiger partial charge in [-0.1, -0.05) is 17.8 Å². The van der Waals surface area contributed by atoms with Gasteiger partial charge in [-0.2, -0.15) is 0 Å². The molecule has 1 aliphatic carbocycles. The number of carboxylic acids is 1. The summed E-state index contributed by atoms with van der Waals surface area (Å²) in [5, 5.41) is 9.74. The topological polar surface area (TPSA) is 82.6 Å². The summed E-state index contributed by atoms with van der Waals surface area (Å²) in [6, 6.07) is 1.89. The van der Waals surface area contributed by atoms with Crippen LogP contribution in [0.15, 0.2) is 34.2 Å². The maximum absolute atomic E-state index is 12.9. The molecule has 30 heavy (non-hydrogen) atoms. The van der Waals surface area contributed by atoms with Gasteiger partial charge in [0.1, 0.15) is 5.56 Å². The standard InChI is InChI=1S/C23H24N2O4S/c1-25-8-7-13-5-6-17(30-18(13)11-25)19-14(12-3-4-12)9-15-20(22(19)29-2)24-10-16(21(15)26)23(27)28/h6,9-13H,3-5,7-8H2,1-2H3,(H,24,26)(H,27,28). The van der Waals surface area contributed by atoms with Crippen molar-refractivity contribution >= 4 is 33.5 Å². The van der Waals surface area contributed by atoms with E-state index in [1.54, 1.807) is 18.9 Å². The van der Waals surface area contributed by atoms with Gasteiger partial charge in [-0.25, -0.2) is 4.79 Å². The van der Waals surface area contributed by atoms with E-state index in [-0.39, 0.29) is 5.56 Å². The van der Waals surface area contributed by atoms with Gasteiger partial charge >= 0.3 is 5.97 Å².